The van der Waals surface area contributed by atoms with Crippen molar-refractivity contribution in [2.24, 2.45) is 5.84 Å². The zero-order valence-electron chi connectivity index (χ0n) is 8.92. The molecule has 2 rings (SSSR count). The Kier molecular flexibility index (Phi) is 4.10. The number of hydrazine groups is 1. The molecule has 1 aromatic heterocycles. The molecule has 0 bridgehead atoms. The van der Waals surface area contributed by atoms with Crippen molar-refractivity contribution in [2.75, 3.05) is 10.7 Å². The van der Waals surface area contributed by atoms with Gasteiger partial charge in [0.2, 0.25) is 0 Å². The number of hydrogen-bond acceptors (Lipinski definition) is 5. The third-order valence-corrected chi connectivity index (χ3v) is 3.35. The number of halogens is 3. The predicted octanol–water partition coefficient (Wildman–Crippen LogP) is 3.17. The van der Waals surface area contributed by atoms with Crippen LogP contribution in [-0.4, -0.2) is 9.97 Å². The van der Waals surface area contributed by atoms with Crippen LogP contribution in [0.25, 0.3) is 0 Å². The molecule has 0 atom stereocenters. The van der Waals surface area contributed by atoms with Gasteiger partial charge in [-0.15, -0.1) is 0 Å². The molecule has 0 aliphatic heterocycles. The van der Waals surface area contributed by atoms with E-state index in [0.717, 1.165) is 0 Å². The second-order valence-electron chi connectivity index (χ2n) is 3.28. The van der Waals surface area contributed by atoms with Crippen LogP contribution in [0.4, 0.5) is 21.7 Å². The fourth-order valence-corrected chi connectivity index (χ4v) is 2.03. The lowest BCUT2D eigenvalue weighted by Gasteiger charge is -2.10. The topological polar surface area (TPSA) is 75.9 Å². The van der Waals surface area contributed by atoms with Crippen LogP contribution in [0.2, 0.25) is 0 Å². The molecule has 94 valence electrons. The number of nitrogen functional groups attached to an aromatic ring is 1. The van der Waals surface area contributed by atoms with Crippen LogP contribution in [0.5, 0.6) is 0 Å². The van der Waals surface area contributed by atoms with E-state index < -0.39 is 5.82 Å². The Morgan fingerprint density at radius 1 is 1.17 bits per heavy atom. The lowest BCUT2D eigenvalue weighted by molar-refractivity contribution is 0.631. The molecular weight excluding hydrogens is 369 g/mol. The molecular formula is C10H8Br2FN5. The van der Waals surface area contributed by atoms with Gasteiger partial charge < -0.3 is 10.7 Å². The molecule has 0 fully saturated rings. The molecule has 8 heteroatoms. The van der Waals surface area contributed by atoms with Gasteiger partial charge in [0, 0.05) is 4.47 Å². The number of nitrogens with one attached hydrogen (secondary N) is 2. The number of anilines is 3. The van der Waals surface area contributed by atoms with Crippen LogP contribution in [0.1, 0.15) is 0 Å². The van der Waals surface area contributed by atoms with Crippen LogP contribution in [0.15, 0.2) is 33.5 Å². The molecule has 18 heavy (non-hydrogen) atoms. The molecule has 0 amide bonds. The van der Waals surface area contributed by atoms with Gasteiger partial charge in [0.1, 0.15) is 22.4 Å². The molecule has 0 spiro atoms. The van der Waals surface area contributed by atoms with Gasteiger partial charge in [-0.25, -0.2) is 20.2 Å². The fourth-order valence-electron chi connectivity index (χ4n) is 1.28. The third kappa shape index (κ3) is 2.77. The van der Waals surface area contributed by atoms with E-state index in [1.807, 2.05) is 0 Å². The Morgan fingerprint density at radius 2 is 1.89 bits per heavy atom. The van der Waals surface area contributed by atoms with Crippen LogP contribution < -0.4 is 16.6 Å². The summed E-state index contributed by atoms with van der Waals surface area (Å²) in [4.78, 5) is 7.90. The molecule has 0 aliphatic rings. The first-order valence-electron chi connectivity index (χ1n) is 4.81. The average molecular weight is 377 g/mol. The van der Waals surface area contributed by atoms with Crippen LogP contribution in [0, 0.1) is 5.82 Å². The van der Waals surface area contributed by atoms with Crippen molar-refractivity contribution in [3.05, 3.63) is 39.3 Å². The highest BCUT2D eigenvalue weighted by molar-refractivity contribution is 9.11. The van der Waals surface area contributed by atoms with Gasteiger partial charge in [-0.1, -0.05) is 15.9 Å². The Hall–Kier alpha value is -1.25. The van der Waals surface area contributed by atoms with Gasteiger partial charge in [0.05, 0.1) is 5.69 Å². The van der Waals surface area contributed by atoms with Crippen LogP contribution in [0.3, 0.4) is 0 Å². The van der Waals surface area contributed by atoms with Gasteiger partial charge in [-0.2, -0.15) is 0 Å². The van der Waals surface area contributed by atoms with Crippen LogP contribution in [-0.2, 0) is 0 Å². The Labute approximate surface area is 119 Å². The number of rotatable bonds is 3. The van der Waals surface area contributed by atoms with Crippen molar-refractivity contribution in [1.29, 1.82) is 0 Å². The maximum atomic E-state index is 13.7. The zero-order valence-corrected chi connectivity index (χ0v) is 12.1. The molecule has 0 saturated heterocycles. The molecule has 0 aliphatic carbocycles. The molecule has 1 aromatic carbocycles. The maximum Gasteiger partial charge on any atom is 0.159 e. The van der Waals surface area contributed by atoms with E-state index in [9.17, 15) is 4.39 Å². The van der Waals surface area contributed by atoms with Gasteiger partial charge in [0.15, 0.2) is 5.82 Å². The second-order valence-corrected chi connectivity index (χ2v) is 4.99. The van der Waals surface area contributed by atoms with Gasteiger partial charge in [-0.05, 0) is 34.1 Å². The first kappa shape index (κ1) is 13.2. The summed E-state index contributed by atoms with van der Waals surface area (Å²) in [5, 5.41) is 2.85. The highest BCUT2D eigenvalue weighted by atomic mass is 79.9. The van der Waals surface area contributed by atoms with Crippen molar-refractivity contribution >= 4 is 49.2 Å². The lowest BCUT2D eigenvalue weighted by Crippen LogP contribution is -2.10. The minimum Gasteiger partial charge on any atom is -0.337 e. The van der Waals surface area contributed by atoms with Gasteiger partial charge >= 0.3 is 0 Å². The van der Waals surface area contributed by atoms with Crippen molar-refractivity contribution in [1.82, 2.24) is 9.97 Å². The molecule has 0 saturated carbocycles. The molecule has 1 heterocycles. The number of aromatic nitrogens is 2. The number of benzene rings is 1. The SMILES string of the molecule is NNc1ncnc(Nc2ccc(Br)cc2F)c1Br. The quantitative estimate of drug-likeness (QED) is 0.566. The van der Waals surface area contributed by atoms with E-state index >= 15 is 0 Å². The Bertz CT molecular complexity index is 578. The predicted molar refractivity (Wildman–Crippen MR) is 74.9 cm³/mol. The Morgan fingerprint density at radius 3 is 2.56 bits per heavy atom. The van der Waals surface area contributed by atoms with E-state index in [1.54, 1.807) is 12.1 Å². The summed E-state index contributed by atoms with van der Waals surface area (Å²) < 4.78 is 14.8. The van der Waals surface area contributed by atoms with E-state index in [2.05, 4.69) is 52.6 Å². The van der Waals surface area contributed by atoms with Crippen molar-refractivity contribution in [3.8, 4) is 0 Å². The van der Waals surface area contributed by atoms with Crippen molar-refractivity contribution in [2.45, 2.75) is 0 Å². The lowest BCUT2D eigenvalue weighted by atomic mass is 10.3. The molecule has 0 radical (unpaired) electrons. The van der Waals surface area contributed by atoms with Crippen molar-refractivity contribution in [3.63, 3.8) is 0 Å². The molecule has 4 N–H and O–H groups in total. The standard InChI is InChI=1S/C10H8Br2FN5/c11-5-1-2-7(6(13)3-5)17-9-8(12)10(18-14)16-4-15-9/h1-4H,14H2,(H2,15,16,17,18). The van der Waals surface area contributed by atoms with Crippen molar-refractivity contribution < 1.29 is 4.39 Å². The monoisotopic (exact) mass is 375 g/mol. The zero-order chi connectivity index (χ0) is 13.1. The number of hydrogen-bond donors (Lipinski definition) is 3. The molecule has 0 unspecified atom stereocenters. The van der Waals surface area contributed by atoms with Gasteiger partial charge in [-0.3, -0.25) is 0 Å². The van der Waals surface area contributed by atoms with E-state index in [0.29, 0.717) is 26.3 Å². The summed E-state index contributed by atoms with van der Waals surface area (Å²) in [5.41, 5.74) is 2.71. The highest BCUT2D eigenvalue weighted by Crippen LogP contribution is 2.29. The van der Waals surface area contributed by atoms with E-state index in [-0.39, 0.29) is 0 Å². The second kappa shape index (κ2) is 5.59. The normalized spacial score (nSPS) is 10.2. The molecule has 2 aromatic rings. The number of nitrogens with two attached hydrogens (primary N) is 1. The number of nitrogens with zero attached hydrogens (tertiary/aromatic N) is 2. The summed E-state index contributed by atoms with van der Waals surface area (Å²) >= 11 is 6.47. The first-order valence-corrected chi connectivity index (χ1v) is 6.39. The maximum absolute atomic E-state index is 13.7. The summed E-state index contributed by atoms with van der Waals surface area (Å²) in [6, 6.07) is 4.69. The minimum absolute atomic E-state index is 0.306. The first-order chi connectivity index (χ1) is 8.61. The van der Waals surface area contributed by atoms with Gasteiger partial charge in [0.25, 0.3) is 0 Å². The van der Waals surface area contributed by atoms with E-state index in [1.165, 1.54) is 12.4 Å². The highest BCUT2D eigenvalue weighted by Gasteiger charge is 2.10. The summed E-state index contributed by atoms with van der Waals surface area (Å²) in [5.74, 6) is 5.72. The summed E-state index contributed by atoms with van der Waals surface area (Å²) in [6.45, 7) is 0. The molecule has 5 nitrogen and oxygen atoms in total. The summed E-state index contributed by atoms with van der Waals surface area (Å²) in [7, 11) is 0. The smallest absolute Gasteiger partial charge is 0.159 e. The third-order valence-electron chi connectivity index (χ3n) is 2.11. The largest absolute Gasteiger partial charge is 0.337 e. The Balaban J connectivity index is 2.34. The van der Waals surface area contributed by atoms with Crippen LogP contribution >= 0.6 is 31.9 Å². The summed E-state index contributed by atoms with van der Waals surface area (Å²) in [6.07, 6.45) is 1.32. The fraction of sp³-hybridized carbons (Fsp3) is 0. The average Bonchev–Trinajstić information content (AvgIpc) is 2.35. The minimum atomic E-state index is -0.392. The van der Waals surface area contributed by atoms with E-state index in [4.69, 9.17) is 5.84 Å².